The fraction of sp³-hybridized carbons (Fsp3) is 0.577. The van der Waals surface area contributed by atoms with Crippen molar-refractivity contribution in [2.45, 2.75) is 63.9 Å². The molecule has 348 valence electrons. The summed E-state index contributed by atoms with van der Waals surface area (Å²) in [4.78, 5) is 10.5. The van der Waals surface area contributed by atoms with Crippen molar-refractivity contribution in [1.29, 1.82) is 0 Å². The number of aromatic hydroxyl groups is 2. The smallest absolute Gasteiger partial charge is 0.133 e. The van der Waals surface area contributed by atoms with Gasteiger partial charge in [0.1, 0.15) is 90.0 Å². The maximum Gasteiger partial charge on any atom is 0.133 e. The second kappa shape index (κ2) is 22.5. The molecule has 12 nitrogen and oxygen atoms in total. The van der Waals surface area contributed by atoms with Crippen LogP contribution in [-0.2, 0) is 45.1 Å². The summed E-state index contributed by atoms with van der Waals surface area (Å²) < 4.78 is 26.6. The second-order valence-corrected chi connectivity index (χ2v) is 19.5. The Morgan fingerprint density at radius 3 is 1.06 bits per heavy atom. The lowest BCUT2D eigenvalue weighted by Gasteiger charge is -2.42. The molecule has 2 N–H and O–H groups in total. The largest absolute Gasteiger partial charge is 0.507 e. The maximum atomic E-state index is 12.1. The van der Waals surface area contributed by atoms with E-state index in [1.807, 2.05) is 36.7 Å². The Labute approximate surface area is 383 Å². The van der Waals surface area contributed by atoms with Gasteiger partial charge in [0.25, 0.3) is 0 Å². The van der Waals surface area contributed by atoms with Gasteiger partial charge in [-0.3, -0.25) is 9.98 Å². The van der Waals surface area contributed by atoms with Gasteiger partial charge in [0, 0.05) is 45.8 Å². The van der Waals surface area contributed by atoms with Crippen molar-refractivity contribution < 1.29 is 47.1 Å². The molecule has 0 bridgehead atoms. The Balaban J connectivity index is 1.20. The van der Waals surface area contributed by atoms with Gasteiger partial charge in [-0.2, -0.15) is 0 Å². The number of benzene rings is 2. The van der Waals surface area contributed by atoms with Crippen molar-refractivity contribution >= 4 is 12.4 Å². The van der Waals surface area contributed by atoms with E-state index in [-0.39, 0.29) is 12.1 Å². The zero-order valence-electron chi connectivity index (χ0n) is 38.8. The van der Waals surface area contributed by atoms with Crippen molar-refractivity contribution in [2.24, 2.45) is 9.98 Å². The van der Waals surface area contributed by atoms with Gasteiger partial charge in [0.05, 0.1) is 91.1 Å². The Morgan fingerprint density at radius 2 is 0.766 bits per heavy atom. The Kier molecular flexibility index (Phi) is 16.8. The van der Waals surface area contributed by atoms with Crippen LogP contribution >= 0.6 is 0 Å². The number of ether oxygens (including phenoxy) is 4. The molecule has 2 atom stereocenters. The predicted molar refractivity (Wildman–Crippen MR) is 256 cm³/mol. The number of hydrogen-bond donors (Lipinski definition) is 2. The molecule has 0 radical (unpaired) electrons. The standard InChI is InChI=1S/C52H76N6O6/c1-5-13-55(17-25-61-26-18-55)39-43-33-45(51(59)47(35-43)41-57(15-7-3)21-29-63-30-22-57)37-53-49-11-9-10-12-50(49)54-38-46-34-44(40-56(14-6-2)19-27-62-28-20-56)36-48(52(46)60)42-58(16-8-4)23-31-64-32-24-58/h5-8,33-38,49-50H,1-4,9-32,39-42H2/q+2/p+2/t49-,50-/m1/s1. The summed E-state index contributed by atoms with van der Waals surface area (Å²) in [6, 6.07) is 8.65. The van der Waals surface area contributed by atoms with E-state index in [9.17, 15) is 10.2 Å². The van der Waals surface area contributed by atoms with Crippen molar-refractivity contribution in [1.82, 2.24) is 0 Å². The number of rotatable bonds is 20. The van der Waals surface area contributed by atoms with Crippen molar-refractivity contribution in [3.05, 3.63) is 108 Å². The monoisotopic (exact) mass is 883 g/mol. The number of quaternary nitrogens is 4. The third-order valence-corrected chi connectivity index (χ3v) is 14.9. The van der Waals surface area contributed by atoms with Gasteiger partial charge >= 0.3 is 0 Å². The van der Waals surface area contributed by atoms with Gasteiger partial charge in [-0.15, -0.1) is 0 Å². The molecule has 5 fully saturated rings. The topological polar surface area (TPSA) is 102 Å². The number of aliphatic imine (C=N–C) groups is 2. The molecule has 7 rings (SSSR count). The molecule has 0 aromatic heterocycles. The van der Waals surface area contributed by atoms with Gasteiger partial charge in [-0.25, -0.2) is 0 Å². The lowest BCUT2D eigenvalue weighted by molar-refractivity contribution is -0.943. The molecule has 2 aromatic rings. The van der Waals surface area contributed by atoms with Crippen molar-refractivity contribution in [2.75, 3.05) is 131 Å². The summed E-state index contributed by atoms with van der Waals surface area (Å²) in [7, 11) is 0. The van der Waals surface area contributed by atoms with Crippen LogP contribution in [0.5, 0.6) is 11.5 Å². The molecule has 0 amide bonds. The number of morpholine rings is 4. The molecule has 4 saturated heterocycles. The van der Waals surface area contributed by atoms with Crippen LogP contribution < -0.4 is 0 Å². The molecule has 12 heteroatoms. The molecule has 5 aliphatic rings. The van der Waals surface area contributed by atoms with Gasteiger partial charge in [0.2, 0.25) is 0 Å². The van der Waals surface area contributed by atoms with Crippen LogP contribution in [0.25, 0.3) is 0 Å². The molecule has 2 aromatic carbocycles. The summed E-state index contributed by atoms with van der Waals surface area (Å²) in [5.41, 5.74) is 5.78. The first-order valence-electron chi connectivity index (χ1n) is 24.1. The lowest BCUT2D eigenvalue weighted by Crippen LogP contribution is -2.55. The average Bonchev–Trinajstić information content (AvgIpc) is 3.29. The van der Waals surface area contributed by atoms with E-state index in [0.717, 1.165) is 184 Å². The highest BCUT2D eigenvalue weighted by molar-refractivity contribution is 5.85. The zero-order valence-corrected chi connectivity index (χ0v) is 38.8. The molecular weight excluding hydrogens is 805 g/mol. The minimum absolute atomic E-state index is 0.0531. The van der Waals surface area contributed by atoms with Crippen LogP contribution in [0, 0.1) is 0 Å². The molecule has 0 unspecified atom stereocenters. The van der Waals surface area contributed by atoms with Crippen LogP contribution in [-0.4, -0.2) is 184 Å². The first kappa shape index (κ1) is 48.0. The number of phenolic OH excluding ortho intramolecular Hbond substituents is 2. The van der Waals surface area contributed by atoms with E-state index in [4.69, 9.17) is 28.9 Å². The summed E-state index contributed by atoms with van der Waals surface area (Å²) in [6.45, 7) is 35.8. The van der Waals surface area contributed by atoms with Crippen LogP contribution in [0.1, 0.15) is 59.1 Å². The van der Waals surface area contributed by atoms with E-state index >= 15 is 0 Å². The van der Waals surface area contributed by atoms with Crippen LogP contribution in [0.4, 0.5) is 0 Å². The van der Waals surface area contributed by atoms with Gasteiger partial charge in [0.15, 0.2) is 0 Å². The SMILES string of the molecule is C=CC[N+]1(Cc2cc(C=N[C@@H]3CCCC[C@H]3N=Cc3cc(C[N+]4(CC=C)CCOCC4)cc(C[N+]4(CC=C)CCOCC4)c3O)c(O)c(C[N+]3(CC=C)CCOCC3)c2)CCOCC1. The van der Waals surface area contributed by atoms with Gasteiger partial charge < -0.3 is 47.1 Å². The molecule has 1 aliphatic carbocycles. The first-order valence-corrected chi connectivity index (χ1v) is 24.1. The average molecular weight is 883 g/mol. The number of hydrogen-bond acceptors (Lipinski definition) is 8. The van der Waals surface area contributed by atoms with Gasteiger partial charge in [-0.05, 0) is 61.4 Å². The summed E-state index contributed by atoms with van der Waals surface area (Å²) in [5.74, 6) is 0.606. The van der Waals surface area contributed by atoms with Crippen LogP contribution in [0.15, 0.2) is 84.9 Å². The van der Waals surface area contributed by atoms with E-state index in [1.165, 1.54) is 11.1 Å². The van der Waals surface area contributed by atoms with Crippen LogP contribution in [0.3, 0.4) is 0 Å². The van der Waals surface area contributed by atoms with E-state index < -0.39 is 0 Å². The predicted octanol–water partition coefficient (Wildman–Crippen LogP) is 6.08. The first-order chi connectivity index (χ1) is 31.2. The molecule has 0 spiro atoms. The summed E-state index contributed by atoms with van der Waals surface area (Å²) >= 11 is 0. The minimum Gasteiger partial charge on any atom is -0.507 e. The third-order valence-electron chi connectivity index (χ3n) is 14.9. The number of nitrogens with zero attached hydrogens (tertiary/aromatic N) is 6. The van der Waals surface area contributed by atoms with Crippen molar-refractivity contribution in [3.63, 3.8) is 0 Å². The Bertz CT molecular complexity index is 1820. The maximum absolute atomic E-state index is 12.1. The Morgan fingerprint density at radius 1 is 0.469 bits per heavy atom. The van der Waals surface area contributed by atoms with E-state index in [2.05, 4.69) is 50.6 Å². The normalized spacial score (nSPS) is 24.3. The highest BCUT2D eigenvalue weighted by Crippen LogP contribution is 2.34. The fourth-order valence-electron chi connectivity index (χ4n) is 11.1. The lowest BCUT2D eigenvalue weighted by atomic mass is 9.91. The van der Waals surface area contributed by atoms with E-state index in [1.54, 1.807) is 0 Å². The molecule has 4 aliphatic heterocycles. The highest BCUT2D eigenvalue weighted by atomic mass is 16.5. The van der Waals surface area contributed by atoms with Gasteiger partial charge in [-0.1, -0.05) is 39.2 Å². The second-order valence-electron chi connectivity index (χ2n) is 19.5. The zero-order chi connectivity index (χ0) is 44.9. The molecule has 1 saturated carbocycles. The van der Waals surface area contributed by atoms with Crippen molar-refractivity contribution in [3.8, 4) is 11.5 Å². The summed E-state index contributed by atoms with van der Waals surface area (Å²) in [6.07, 6.45) is 15.9. The molecule has 4 heterocycles. The quantitative estimate of drug-likeness (QED) is 0.0951. The van der Waals surface area contributed by atoms with Crippen LogP contribution in [0.2, 0.25) is 0 Å². The fourth-order valence-corrected chi connectivity index (χ4v) is 11.1. The third kappa shape index (κ3) is 12.1. The number of phenols is 2. The molecule has 64 heavy (non-hydrogen) atoms. The molecular formula is C52H78N6O6+4. The van der Waals surface area contributed by atoms with E-state index in [0.29, 0.717) is 51.0 Å². The summed E-state index contributed by atoms with van der Waals surface area (Å²) in [5, 5.41) is 24.2. The Hall–Kier alpha value is -3.98. The minimum atomic E-state index is -0.0531. The highest BCUT2D eigenvalue weighted by Gasteiger charge is 2.36.